The number of hydrogen-bond donors (Lipinski definition) is 0. The maximum absolute atomic E-state index is 12.6. The van der Waals surface area contributed by atoms with E-state index in [1.54, 1.807) is 11.0 Å². The molecular weight excluding hydrogens is 364 g/mol. The molecule has 0 bridgehead atoms. The van der Waals surface area contributed by atoms with Gasteiger partial charge in [-0.25, -0.2) is 9.78 Å². The van der Waals surface area contributed by atoms with Gasteiger partial charge < -0.3 is 14.1 Å². The van der Waals surface area contributed by atoms with Crippen LogP contribution in [0.1, 0.15) is 28.2 Å². The second-order valence-corrected chi connectivity index (χ2v) is 7.20. The molecule has 0 N–H and O–H groups in total. The summed E-state index contributed by atoms with van der Waals surface area (Å²) in [6.07, 6.45) is 2.89. The smallest absolute Gasteiger partial charge is 0.329 e. The highest BCUT2D eigenvalue weighted by molar-refractivity contribution is 7.12. The number of carbonyl (C=O) groups excluding carboxylic acids is 2. The van der Waals surface area contributed by atoms with E-state index >= 15 is 0 Å². The third-order valence-corrected chi connectivity index (χ3v) is 5.31. The number of carbonyl (C=O) groups is 2. The fourth-order valence-corrected chi connectivity index (χ4v) is 3.80. The monoisotopic (exact) mass is 382 g/mol. The van der Waals surface area contributed by atoms with E-state index in [-0.39, 0.29) is 12.5 Å². The number of esters is 1. The van der Waals surface area contributed by atoms with Gasteiger partial charge >= 0.3 is 5.97 Å². The Bertz CT molecular complexity index is 921. The summed E-state index contributed by atoms with van der Waals surface area (Å²) in [5.41, 5.74) is 1.40. The number of rotatable bonds is 5. The summed E-state index contributed by atoms with van der Waals surface area (Å²) < 4.78 is 10.9. The summed E-state index contributed by atoms with van der Waals surface area (Å²) in [4.78, 5) is 31.7. The molecule has 4 rings (SSSR count). The molecule has 3 heterocycles. The molecule has 1 fully saturated rings. The minimum atomic E-state index is -0.542. The Morgan fingerprint density at radius 1 is 1.22 bits per heavy atom. The molecular formula is C20H18N2O4S. The van der Waals surface area contributed by atoms with Crippen molar-refractivity contribution < 1.29 is 18.7 Å². The van der Waals surface area contributed by atoms with E-state index < -0.39 is 12.0 Å². The molecule has 1 aliphatic rings. The topological polar surface area (TPSA) is 72.6 Å². The third-order valence-electron chi connectivity index (χ3n) is 4.45. The van der Waals surface area contributed by atoms with Gasteiger partial charge in [0.2, 0.25) is 5.89 Å². The number of amides is 1. The van der Waals surface area contributed by atoms with Crippen molar-refractivity contribution in [2.24, 2.45) is 0 Å². The van der Waals surface area contributed by atoms with Gasteiger partial charge in [0.25, 0.3) is 5.91 Å². The number of thiophene rings is 1. The molecule has 0 radical (unpaired) electrons. The van der Waals surface area contributed by atoms with Crippen LogP contribution in [0.5, 0.6) is 0 Å². The van der Waals surface area contributed by atoms with Crippen molar-refractivity contribution >= 4 is 23.2 Å². The van der Waals surface area contributed by atoms with E-state index in [4.69, 9.17) is 9.15 Å². The van der Waals surface area contributed by atoms with Crippen molar-refractivity contribution in [3.8, 4) is 11.5 Å². The second-order valence-electron chi connectivity index (χ2n) is 6.25. The molecule has 1 atom stereocenters. The van der Waals surface area contributed by atoms with Crippen LogP contribution in [0.25, 0.3) is 11.5 Å². The highest BCUT2D eigenvalue weighted by atomic mass is 32.1. The van der Waals surface area contributed by atoms with Crippen LogP contribution in [-0.4, -0.2) is 34.3 Å². The molecule has 0 spiro atoms. The quantitative estimate of drug-likeness (QED) is 0.629. The zero-order valence-corrected chi connectivity index (χ0v) is 15.4. The number of oxazole rings is 1. The molecule has 1 amide bonds. The van der Waals surface area contributed by atoms with Crippen molar-refractivity contribution in [2.75, 3.05) is 6.54 Å². The Kier molecular flexibility index (Phi) is 5.02. The van der Waals surface area contributed by atoms with Crippen LogP contribution in [0, 0.1) is 0 Å². The Morgan fingerprint density at radius 2 is 2.07 bits per heavy atom. The number of benzene rings is 1. The van der Waals surface area contributed by atoms with Gasteiger partial charge in [-0.2, -0.15) is 0 Å². The lowest BCUT2D eigenvalue weighted by Crippen LogP contribution is -2.41. The van der Waals surface area contributed by atoms with Gasteiger partial charge in [-0.1, -0.05) is 24.3 Å². The van der Waals surface area contributed by atoms with Gasteiger partial charge in [0.15, 0.2) is 0 Å². The first-order chi connectivity index (χ1) is 13.2. The lowest BCUT2D eigenvalue weighted by molar-refractivity contribution is -0.149. The van der Waals surface area contributed by atoms with Crippen LogP contribution in [0.4, 0.5) is 0 Å². The summed E-state index contributed by atoms with van der Waals surface area (Å²) in [6.45, 7) is 0.589. The van der Waals surface area contributed by atoms with Crippen LogP contribution < -0.4 is 0 Å². The molecule has 3 aromatic rings. The predicted octanol–water partition coefficient (Wildman–Crippen LogP) is 3.75. The molecule has 2 aromatic heterocycles. The van der Waals surface area contributed by atoms with E-state index in [1.807, 2.05) is 41.8 Å². The lowest BCUT2D eigenvalue weighted by Gasteiger charge is -2.22. The normalized spacial score (nSPS) is 16.4. The van der Waals surface area contributed by atoms with Crippen LogP contribution in [-0.2, 0) is 16.1 Å². The molecule has 1 unspecified atom stereocenters. The van der Waals surface area contributed by atoms with Gasteiger partial charge in [0.1, 0.15) is 24.6 Å². The van der Waals surface area contributed by atoms with E-state index in [0.717, 1.165) is 12.0 Å². The maximum atomic E-state index is 12.6. The number of likely N-dealkylation sites (tertiary alicyclic amines) is 1. The van der Waals surface area contributed by atoms with Gasteiger partial charge in [0, 0.05) is 12.1 Å². The zero-order chi connectivity index (χ0) is 18.6. The summed E-state index contributed by atoms with van der Waals surface area (Å²) in [7, 11) is 0. The fraction of sp³-hybridized carbons (Fsp3) is 0.250. The Morgan fingerprint density at radius 3 is 2.85 bits per heavy atom. The average Bonchev–Trinajstić information content (AvgIpc) is 3.47. The SMILES string of the molecule is O=C(OCc1coc(-c2ccccc2)n1)C1CCCN1C(=O)c1cccs1. The highest BCUT2D eigenvalue weighted by Gasteiger charge is 2.36. The van der Waals surface area contributed by atoms with E-state index in [2.05, 4.69) is 4.98 Å². The van der Waals surface area contributed by atoms with Gasteiger partial charge in [-0.3, -0.25) is 4.79 Å². The van der Waals surface area contributed by atoms with Gasteiger partial charge in [0.05, 0.1) is 4.88 Å². The van der Waals surface area contributed by atoms with Crippen molar-refractivity contribution in [1.82, 2.24) is 9.88 Å². The minimum absolute atomic E-state index is 0.0205. The zero-order valence-electron chi connectivity index (χ0n) is 14.5. The Labute approximate surface area is 160 Å². The third kappa shape index (κ3) is 3.78. The second kappa shape index (κ2) is 7.75. The van der Waals surface area contributed by atoms with E-state index in [9.17, 15) is 9.59 Å². The minimum Gasteiger partial charge on any atom is -0.458 e. The van der Waals surface area contributed by atoms with E-state index in [1.165, 1.54) is 17.6 Å². The molecule has 0 aliphatic carbocycles. The molecule has 27 heavy (non-hydrogen) atoms. The first-order valence-corrected chi connectivity index (χ1v) is 9.61. The summed E-state index contributed by atoms with van der Waals surface area (Å²) in [6, 6.07) is 12.6. The molecule has 6 nitrogen and oxygen atoms in total. The maximum Gasteiger partial charge on any atom is 0.329 e. The van der Waals surface area contributed by atoms with Crippen molar-refractivity contribution in [2.45, 2.75) is 25.5 Å². The van der Waals surface area contributed by atoms with Crippen LogP contribution >= 0.6 is 11.3 Å². The molecule has 0 saturated carbocycles. The Balaban J connectivity index is 1.38. The number of ether oxygens (including phenoxy) is 1. The number of nitrogens with zero attached hydrogens (tertiary/aromatic N) is 2. The number of hydrogen-bond acceptors (Lipinski definition) is 6. The van der Waals surface area contributed by atoms with Crippen molar-refractivity contribution in [3.63, 3.8) is 0 Å². The average molecular weight is 382 g/mol. The molecule has 1 saturated heterocycles. The summed E-state index contributed by atoms with van der Waals surface area (Å²) in [5, 5.41) is 1.85. The largest absolute Gasteiger partial charge is 0.458 e. The molecule has 1 aliphatic heterocycles. The first kappa shape index (κ1) is 17.5. The highest BCUT2D eigenvalue weighted by Crippen LogP contribution is 2.24. The van der Waals surface area contributed by atoms with Crippen molar-refractivity contribution in [3.05, 3.63) is 64.7 Å². The Hall–Kier alpha value is -2.93. The van der Waals surface area contributed by atoms with Gasteiger partial charge in [-0.05, 0) is 36.4 Å². The molecule has 138 valence electrons. The van der Waals surface area contributed by atoms with E-state index in [0.29, 0.717) is 29.4 Å². The standard InChI is InChI=1S/C20H18N2O4S/c23-19(17-9-5-11-27-17)22-10-4-8-16(22)20(24)26-13-15-12-25-18(21-15)14-6-2-1-3-7-14/h1-3,5-7,9,11-12,16H,4,8,10,13H2. The lowest BCUT2D eigenvalue weighted by atomic mass is 10.2. The first-order valence-electron chi connectivity index (χ1n) is 8.73. The van der Waals surface area contributed by atoms with Gasteiger partial charge in [-0.15, -0.1) is 11.3 Å². The fourth-order valence-electron chi connectivity index (χ4n) is 3.12. The van der Waals surface area contributed by atoms with Crippen molar-refractivity contribution in [1.29, 1.82) is 0 Å². The predicted molar refractivity (Wildman–Crippen MR) is 100 cm³/mol. The van der Waals surface area contributed by atoms with Crippen LogP contribution in [0.3, 0.4) is 0 Å². The van der Waals surface area contributed by atoms with Crippen LogP contribution in [0.15, 0.2) is 58.5 Å². The number of aromatic nitrogens is 1. The van der Waals surface area contributed by atoms with Crippen LogP contribution in [0.2, 0.25) is 0 Å². The summed E-state index contributed by atoms with van der Waals surface area (Å²) in [5.74, 6) is -0.0315. The molecule has 7 heteroatoms. The summed E-state index contributed by atoms with van der Waals surface area (Å²) >= 11 is 1.38. The molecule has 1 aromatic carbocycles.